The highest BCUT2D eigenvalue weighted by Gasteiger charge is 2.41. The topological polar surface area (TPSA) is 80.7 Å². The van der Waals surface area contributed by atoms with E-state index >= 15 is 0 Å². The first-order valence-corrected chi connectivity index (χ1v) is 11.5. The number of thioether (sulfide) groups is 1. The number of ether oxygens (including phenoxy) is 3. The summed E-state index contributed by atoms with van der Waals surface area (Å²) < 4.78 is 15.9. The van der Waals surface area contributed by atoms with E-state index in [1.807, 2.05) is 46.4 Å². The number of methoxy groups -OCH3 is 2. The van der Waals surface area contributed by atoms with Crippen LogP contribution < -0.4 is 4.74 Å². The fraction of sp³-hybridized carbons (Fsp3) is 0.435. The van der Waals surface area contributed by atoms with Crippen LogP contribution in [0, 0.1) is 0 Å². The van der Waals surface area contributed by atoms with Gasteiger partial charge in [0.05, 0.1) is 51.2 Å². The molecule has 4 rings (SSSR count). The van der Waals surface area contributed by atoms with Gasteiger partial charge in [0.1, 0.15) is 5.75 Å². The van der Waals surface area contributed by atoms with Gasteiger partial charge in [-0.1, -0.05) is 30.8 Å². The normalized spacial score (nSPS) is 20.5. The van der Waals surface area contributed by atoms with Crippen LogP contribution in [0.25, 0.3) is 0 Å². The summed E-state index contributed by atoms with van der Waals surface area (Å²) in [6, 6.07) is 7.16. The van der Waals surface area contributed by atoms with E-state index in [9.17, 15) is 9.59 Å². The van der Waals surface area contributed by atoms with Crippen molar-refractivity contribution < 1.29 is 23.8 Å². The lowest BCUT2D eigenvalue weighted by atomic mass is 9.92. The average Bonchev–Trinajstić information content (AvgIpc) is 3.24. The van der Waals surface area contributed by atoms with Crippen molar-refractivity contribution in [3.63, 3.8) is 0 Å². The first-order chi connectivity index (χ1) is 15.6. The molecule has 0 bridgehead atoms. The molecule has 0 aromatic heterocycles. The number of morpholine rings is 1. The van der Waals surface area contributed by atoms with Crippen LogP contribution in [0.4, 0.5) is 0 Å². The molecule has 170 valence electrons. The summed E-state index contributed by atoms with van der Waals surface area (Å²) in [5.74, 6) is 0.305. The third-order valence-electron chi connectivity index (χ3n) is 5.73. The molecule has 3 heterocycles. The number of esters is 1. The van der Waals surface area contributed by atoms with Crippen molar-refractivity contribution in [1.82, 2.24) is 9.80 Å². The summed E-state index contributed by atoms with van der Waals surface area (Å²) in [4.78, 5) is 34.5. The number of rotatable bonds is 6. The Morgan fingerprint density at radius 3 is 2.72 bits per heavy atom. The third-order valence-corrected chi connectivity index (χ3v) is 6.62. The van der Waals surface area contributed by atoms with Crippen LogP contribution in [0.15, 0.2) is 51.6 Å². The summed E-state index contributed by atoms with van der Waals surface area (Å²) in [5.41, 5.74) is 2.86. The molecule has 0 radical (unpaired) electrons. The molecule has 32 heavy (non-hydrogen) atoms. The highest BCUT2D eigenvalue weighted by molar-refractivity contribution is 8.16. The van der Waals surface area contributed by atoms with Crippen molar-refractivity contribution >= 4 is 28.8 Å². The maximum atomic E-state index is 13.0. The Morgan fingerprint density at radius 2 is 2.03 bits per heavy atom. The Hall–Kier alpha value is -2.78. The fourth-order valence-corrected chi connectivity index (χ4v) is 5.06. The van der Waals surface area contributed by atoms with Crippen LogP contribution in [-0.4, -0.2) is 67.4 Å². The van der Waals surface area contributed by atoms with Gasteiger partial charge in [0.2, 0.25) is 5.91 Å². The van der Waals surface area contributed by atoms with Gasteiger partial charge in [-0.15, -0.1) is 0 Å². The Kier molecular flexibility index (Phi) is 6.86. The summed E-state index contributed by atoms with van der Waals surface area (Å²) in [5, 5.41) is 2.71. The van der Waals surface area contributed by atoms with E-state index in [4.69, 9.17) is 19.2 Å². The number of aliphatic imine (C=N–C) groups is 1. The number of hydrogen-bond acceptors (Lipinski definition) is 8. The van der Waals surface area contributed by atoms with Crippen LogP contribution in [0.5, 0.6) is 5.75 Å². The Bertz CT molecular complexity index is 997. The number of amidine groups is 1. The Morgan fingerprint density at radius 1 is 1.25 bits per heavy atom. The van der Waals surface area contributed by atoms with Crippen molar-refractivity contribution in [3.05, 3.63) is 52.2 Å². The standard InChI is InChI=1S/C23H27N3O5S/c1-4-18-20(22(28)30-3)21(15-6-5-7-17(12-15)29-2)26-16(14-32-23(26)24-18)13-19(27)25-8-10-31-11-9-25/h5-7,12,14,21H,4,8-11,13H2,1-3H3/t21-/m1/s1. The van der Waals surface area contributed by atoms with E-state index in [1.165, 1.54) is 18.9 Å². The van der Waals surface area contributed by atoms with Crippen molar-refractivity contribution in [2.45, 2.75) is 25.8 Å². The van der Waals surface area contributed by atoms with Crippen molar-refractivity contribution in [1.29, 1.82) is 0 Å². The van der Waals surface area contributed by atoms with Gasteiger partial charge >= 0.3 is 5.97 Å². The lowest BCUT2D eigenvalue weighted by Crippen LogP contribution is -2.42. The molecule has 3 aliphatic rings. The van der Waals surface area contributed by atoms with Gasteiger partial charge in [0.25, 0.3) is 0 Å². The number of carbonyl (C=O) groups is 2. The molecule has 8 nitrogen and oxygen atoms in total. The van der Waals surface area contributed by atoms with E-state index in [0.29, 0.717) is 49.7 Å². The first kappa shape index (κ1) is 22.4. The highest BCUT2D eigenvalue weighted by Crippen LogP contribution is 2.46. The summed E-state index contributed by atoms with van der Waals surface area (Å²) in [6.07, 6.45) is 0.813. The molecule has 1 atom stereocenters. The molecule has 0 unspecified atom stereocenters. The third kappa shape index (κ3) is 4.27. The minimum atomic E-state index is -0.460. The predicted molar refractivity (Wildman–Crippen MR) is 122 cm³/mol. The van der Waals surface area contributed by atoms with Gasteiger partial charge in [-0.2, -0.15) is 0 Å². The molecule has 1 aromatic rings. The van der Waals surface area contributed by atoms with E-state index in [0.717, 1.165) is 16.4 Å². The molecule has 0 spiro atoms. The van der Waals surface area contributed by atoms with Crippen LogP contribution >= 0.6 is 11.8 Å². The smallest absolute Gasteiger partial charge is 0.338 e. The van der Waals surface area contributed by atoms with Gasteiger partial charge in [-0.3, -0.25) is 4.79 Å². The maximum Gasteiger partial charge on any atom is 0.338 e. The monoisotopic (exact) mass is 457 g/mol. The predicted octanol–water partition coefficient (Wildman–Crippen LogP) is 3.08. The number of benzene rings is 1. The molecule has 1 amide bonds. The minimum absolute atomic E-state index is 0.0377. The molecule has 1 saturated heterocycles. The zero-order valence-electron chi connectivity index (χ0n) is 18.5. The first-order valence-electron chi connectivity index (χ1n) is 10.6. The van der Waals surface area contributed by atoms with Crippen molar-refractivity contribution in [3.8, 4) is 5.75 Å². The molecule has 0 N–H and O–H groups in total. The zero-order valence-corrected chi connectivity index (χ0v) is 19.3. The Labute approximate surface area is 191 Å². The summed E-state index contributed by atoms with van der Waals surface area (Å²) >= 11 is 1.47. The fourth-order valence-electron chi connectivity index (χ4n) is 4.12. The molecule has 0 saturated carbocycles. The van der Waals surface area contributed by atoms with Crippen molar-refractivity contribution in [2.24, 2.45) is 4.99 Å². The van der Waals surface area contributed by atoms with Gasteiger partial charge in [0.15, 0.2) is 5.17 Å². The average molecular weight is 458 g/mol. The second-order valence-electron chi connectivity index (χ2n) is 7.55. The second kappa shape index (κ2) is 9.79. The van der Waals surface area contributed by atoms with Crippen LogP contribution in [0.3, 0.4) is 0 Å². The van der Waals surface area contributed by atoms with Gasteiger partial charge in [0, 0.05) is 18.8 Å². The summed E-state index contributed by atoms with van der Waals surface area (Å²) in [7, 11) is 2.99. The van der Waals surface area contributed by atoms with E-state index in [1.54, 1.807) is 7.11 Å². The Balaban J connectivity index is 1.73. The number of allylic oxidation sites excluding steroid dienone is 1. The number of amides is 1. The van der Waals surface area contributed by atoms with Crippen LogP contribution in [-0.2, 0) is 19.1 Å². The largest absolute Gasteiger partial charge is 0.497 e. The molecule has 1 aromatic carbocycles. The number of nitrogens with zero attached hydrogens (tertiary/aromatic N) is 3. The molecule has 9 heteroatoms. The molecular weight excluding hydrogens is 430 g/mol. The molecule has 3 aliphatic heterocycles. The molecule has 1 fully saturated rings. The lowest BCUT2D eigenvalue weighted by Gasteiger charge is -2.37. The van der Waals surface area contributed by atoms with E-state index < -0.39 is 12.0 Å². The molecule has 0 aliphatic carbocycles. The van der Waals surface area contributed by atoms with E-state index in [-0.39, 0.29) is 12.3 Å². The van der Waals surface area contributed by atoms with E-state index in [2.05, 4.69) is 0 Å². The van der Waals surface area contributed by atoms with Crippen molar-refractivity contribution in [2.75, 3.05) is 40.5 Å². The number of carbonyl (C=O) groups excluding carboxylic acids is 2. The number of fused-ring (bicyclic) bond motifs is 1. The van der Waals surface area contributed by atoms with Gasteiger partial charge in [-0.25, -0.2) is 9.79 Å². The SMILES string of the molecule is CCC1=C(C(=O)OC)[C@@H](c2cccc(OC)c2)N2C(CC(=O)N3CCOCC3)=CSC2=N1. The molecular formula is C23H27N3O5S. The number of hydrogen-bond donors (Lipinski definition) is 0. The summed E-state index contributed by atoms with van der Waals surface area (Å²) in [6.45, 7) is 4.26. The van der Waals surface area contributed by atoms with Gasteiger partial charge in [-0.05, 0) is 29.5 Å². The van der Waals surface area contributed by atoms with Gasteiger partial charge < -0.3 is 24.0 Å². The minimum Gasteiger partial charge on any atom is -0.497 e. The van der Waals surface area contributed by atoms with Crippen LogP contribution in [0.1, 0.15) is 31.4 Å². The van der Waals surface area contributed by atoms with Crippen LogP contribution in [0.2, 0.25) is 0 Å². The quantitative estimate of drug-likeness (QED) is 0.607. The maximum absolute atomic E-state index is 13.0. The lowest BCUT2D eigenvalue weighted by molar-refractivity contribution is -0.136. The second-order valence-corrected chi connectivity index (χ2v) is 8.38. The highest BCUT2D eigenvalue weighted by atomic mass is 32.2. The zero-order chi connectivity index (χ0) is 22.7.